The Balaban J connectivity index is 1.92. The van der Waals surface area contributed by atoms with Gasteiger partial charge in [-0.25, -0.2) is 14.8 Å². The van der Waals surface area contributed by atoms with Crippen molar-refractivity contribution in [2.24, 2.45) is 0 Å². The number of thioether (sulfide) groups is 1. The van der Waals surface area contributed by atoms with Gasteiger partial charge in [-0.05, 0) is 38.0 Å². The molecule has 0 unspecified atom stereocenters. The number of benzene rings is 1. The molecule has 0 aliphatic heterocycles. The number of unbranched alkanes of at least 4 members (excludes halogenated alkanes) is 2. The van der Waals surface area contributed by atoms with Crippen molar-refractivity contribution in [2.45, 2.75) is 51.3 Å². The number of esters is 1. The summed E-state index contributed by atoms with van der Waals surface area (Å²) in [7, 11) is 0. The largest absolute Gasteiger partial charge is 0.479 e. The van der Waals surface area contributed by atoms with Gasteiger partial charge in [-0.1, -0.05) is 43.7 Å². The number of hydrogen-bond donors (Lipinski definition) is 0. The molecule has 140 valence electrons. The van der Waals surface area contributed by atoms with Crippen molar-refractivity contribution in [2.75, 3.05) is 12.4 Å². The van der Waals surface area contributed by atoms with Crippen molar-refractivity contribution >= 4 is 17.7 Å². The zero-order valence-corrected chi connectivity index (χ0v) is 16.4. The third-order valence-corrected chi connectivity index (χ3v) is 4.69. The molecule has 0 N–H and O–H groups in total. The Hall–Kier alpha value is -2.08. The highest BCUT2D eigenvalue weighted by atomic mass is 32.2. The molecular weight excluding hydrogens is 348 g/mol. The molecule has 0 amide bonds. The lowest BCUT2D eigenvalue weighted by atomic mass is 10.1. The first-order valence-corrected chi connectivity index (χ1v) is 10.0. The van der Waals surface area contributed by atoms with Crippen LogP contribution in [0.3, 0.4) is 0 Å². The molecule has 0 radical (unpaired) electrons. The minimum absolute atomic E-state index is 0.346. The molecule has 1 aromatic heterocycles. The molecule has 6 heteroatoms. The van der Waals surface area contributed by atoms with Crippen molar-refractivity contribution in [1.29, 1.82) is 0 Å². The normalized spacial score (nSPS) is 11.8. The fourth-order valence-electron chi connectivity index (χ4n) is 2.29. The molecule has 0 spiro atoms. The average Bonchev–Trinajstić information content (AvgIpc) is 2.66. The van der Waals surface area contributed by atoms with E-state index in [-0.39, 0.29) is 5.97 Å². The van der Waals surface area contributed by atoms with Gasteiger partial charge in [0, 0.05) is 23.7 Å². The summed E-state index contributed by atoms with van der Waals surface area (Å²) in [4.78, 5) is 20.5. The van der Waals surface area contributed by atoms with E-state index in [1.54, 1.807) is 25.6 Å². The van der Waals surface area contributed by atoms with Crippen molar-refractivity contribution in [1.82, 2.24) is 9.97 Å². The van der Waals surface area contributed by atoms with Gasteiger partial charge in [-0.15, -0.1) is 0 Å². The van der Waals surface area contributed by atoms with Crippen molar-refractivity contribution < 1.29 is 14.3 Å². The first-order valence-electron chi connectivity index (χ1n) is 9.02. The summed E-state index contributed by atoms with van der Waals surface area (Å²) in [5.41, 5.74) is 1.96. The number of carbonyl (C=O) groups is 1. The minimum atomic E-state index is -0.631. The molecule has 26 heavy (non-hydrogen) atoms. The van der Waals surface area contributed by atoms with Crippen LogP contribution in [0, 0.1) is 0 Å². The Kier molecular flexibility index (Phi) is 8.41. The third-order valence-electron chi connectivity index (χ3n) is 3.73. The van der Waals surface area contributed by atoms with Crippen LogP contribution in [0.5, 0.6) is 5.75 Å². The van der Waals surface area contributed by atoms with Gasteiger partial charge in [-0.3, -0.25) is 0 Å². The van der Waals surface area contributed by atoms with Crippen LogP contribution >= 0.6 is 11.8 Å². The van der Waals surface area contributed by atoms with Crippen LogP contribution in [0.1, 0.15) is 40.0 Å². The Bertz CT molecular complexity index is 674. The summed E-state index contributed by atoms with van der Waals surface area (Å²) in [5.74, 6) is 1.31. The monoisotopic (exact) mass is 374 g/mol. The van der Waals surface area contributed by atoms with Gasteiger partial charge in [0.2, 0.25) is 0 Å². The number of rotatable bonds is 10. The third kappa shape index (κ3) is 6.33. The molecule has 5 nitrogen and oxygen atoms in total. The molecule has 0 bridgehead atoms. The van der Waals surface area contributed by atoms with E-state index in [1.165, 1.54) is 19.3 Å². The van der Waals surface area contributed by atoms with Crippen LogP contribution in [-0.4, -0.2) is 34.4 Å². The van der Waals surface area contributed by atoms with Crippen LogP contribution in [0.4, 0.5) is 0 Å². The van der Waals surface area contributed by atoms with Gasteiger partial charge in [0.1, 0.15) is 5.75 Å². The quantitative estimate of drug-likeness (QED) is 0.259. The SMILES string of the molecule is CCCCCSc1ncc(-c2ccc(O[C@H](C)C(=O)OCC)cc2)cn1. The Morgan fingerprint density at radius 1 is 1.08 bits per heavy atom. The van der Waals surface area contributed by atoms with E-state index >= 15 is 0 Å². The van der Waals surface area contributed by atoms with Crippen LogP contribution in [0.2, 0.25) is 0 Å². The highest BCUT2D eigenvalue weighted by Gasteiger charge is 2.15. The van der Waals surface area contributed by atoms with E-state index in [1.807, 2.05) is 36.7 Å². The predicted octanol–water partition coefficient (Wildman–Crippen LogP) is 4.76. The van der Waals surface area contributed by atoms with Crippen LogP contribution in [0.15, 0.2) is 41.8 Å². The molecular formula is C20H26N2O3S. The highest BCUT2D eigenvalue weighted by molar-refractivity contribution is 7.99. The lowest BCUT2D eigenvalue weighted by Gasteiger charge is -2.13. The second-order valence-electron chi connectivity index (χ2n) is 5.85. The molecule has 2 aromatic rings. The molecule has 1 aromatic carbocycles. The Morgan fingerprint density at radius 2 is 1.77 bits per heavy atom. The number of aromatic nitrogens is 2. The summed E-state index contributed by atoms with van der Waals surface area (Å²) >= 11 is 1.69. The fraction of sp³-hybridized carbons (Fsp3) is 0.450. The number of nitrogens with zero attached hydrogens (tertiary/aromatic N) is 2. The molecule has 2 rings (SSSR count). The van der Waals surface area contributed by atoms with E-state index in [0.29, 0.717) is 12.4 Å². The maximum Gasteiger partial charge on any atom is 0.347 e. The van der Waals surface area contributed by atoms with Gasteiger partial charge in [-0.2, -0.15) is 0 Å². The summed E-state index contributed by atoms with van der Waals surface area (Å²) in [6.07, 6.45) is 6.71. The van der Waals surface area contributed by atoms with Crippen LogP contribution in [-0.2, 0) is 9.53 Å². The molecule has 0 saturated carbocycles. The van der Waals surface area contributed by atoms with Gasteiger partial charge in [0.25, 0.3) is 0 Å². The minimum Gasteiger partial charge on any atom is -0.479 e. The Labute approximate surface area is 159 Å². The average molecular weight is 375 g/mol. The molecule has 0 fully saturated rings. The smallest absolute Gasteiger partial charge is 0.347 e. The van der Waals surface area contributed by atoms with E-state index in [2.05, 4.69) is 16.9 Å². The lowest BCUT2D eigenvalue weighted by Crippen LogP contribution is -2.25. The van der Waals surface area contributed by atoms with Crippen LogP contribution < -0.4 is 4.74 Å². The molecule has 1 atom stereocenters. The van der Waals surface area contributed by atoms with E-state index in [9.17, 15) is 4.79 Å². The van der Waals surface area contributed by atoms with Crippen molar-refractivity contribution in [3.05, 3.63) is 36.7 Å². The highest BCUT2D eigenvalue weighted by Crippen LogP contribution is 2.23. The summed E-state index contributed by atoms with van der Waals surface area (Å²) in [6.45, 7) is 6.00. The first-order chi connectivity index (χ1) is 12.6. The molecule has 0 aliphatic rings. The topological polar surface area (TPSA) is 61.3 Å². The maximum absolute atomic E-state index is 11.6. The summed E-state index contributed by atoms with van der Waals surface area (Å²) in [6, 6.07) is 7.52. The predicted molar refractivity (Wildman–Crippen MR) is 104 cm³/mol. The lowest BCUT2D eigenvalue weighted by molar-refractivity contribution is -0.150. The zero-order chi connectivity index (χ0) is 18.8. The van der Waals surface area contributed by atoms with Crippen molar-refractivity contribution in [3.8, 4) is 16.9 Å². The molecule has 1 heterocycles. The second-order valence-corrected chi connectivity index (χ2v) is 6.91. The molecule has 0 saturated heterocycles. The summed E-state index contributed by atoms with van der Waals surface area (Å²) < 4.78 is 10.5. The molecule has 0 aliphatic carbocycles. The van der Waals surface area contributed by atoms with Crippen LogP contribution in [0.25, 0.3) is 11.1 Å². The van der Waals surface area contributed by atoms with E-state index in [4.69, 9.17) is 9.47 Å². The van der Waals surface area contributed by atoms with Gasteiger partial charge in [0.05, 0.1) is 6.61 Å². The van der Waals surface area contributed by atoms with Crippen molar-refractivity contribution in [3.63, 3.8) is 0 Å². The Morgan fingerprint density at radius 3 is 2.38 bits per heavy atom. The summed E-state index contributed by atoms with van der Waals surface area (Å²) in [5, 5.41) is 0.813. The van der Waals surface area contributed by atoms with Gasteiger partial charge in [0.15, 0.2) is 11.3 Å². The zero-order valence-electron chi connectivity index (χ0n) is 15.6. The number of carbonyl (C=O) groups excluding carboxylic acids is 1. The van der Waals surface area contributed by atoms with Gasteiger partial charge < -0.3 is 9.47 Å². The van der Waals surface area contributed by atoms with E-state index in [0.717, 1.165) is 22.0 Å². The number of hydrogen-bond acceptors (Lipinski definition) is 6. The fourth-order valence-corrected chi connectivity index (χ4v) is 3.08. The van der Waals surface area contributed by atoms with Gasteiger partial charge >= 0.3 is 5.97 Å². The standard InChI is InChI=1S/C20H26N2O3S/c1-4-6-7-12-26-20-21-13-17(14-22-20)16-8-10-18(11-9-16)25-15(3)19(23)24-5-2/h8-11,13-15H,4-7,12H2,1-3H3/t15-/m1/s1. The second kappa shape index (κ2) is 10.8. The number of ether oxygens (including phenoxy) is 2. The maximum atomic E-state index is 11.6. The van der Waals surface area contributed by atoms with E-state index < -0.39 is 6.10 Å². The first kappa shape index (κ1) is 20.2.